The van der Waals surface area contributed by atoms with Crippen LogP contribution in [0.2, 0.25) is 5.02 Å². The molecular formula is C20H22ClN4O2S+. The van der Waals surface area contributed by atoms with Crippen molar-refractivity contribution in [1.82, 2.24) is 4.98 Å². The van der Waals surface area contributed by atoms with Crippen molar-refractivity contribution in [3.05, 3.63) is 64.6 Å². The van der Waals surface area contributed by atoms with Crippen molar-refractivity contribution in [3.8, 4) is 5.75 Å². The number of carbonyl (C=O) groups excluding carboxylic acids is 1. The fourth-order valence-corrected chi connectivity index (χ4v) is 3.48. The van der Waals surface area contributed by atoms with Crippen LogP contribution in [0.1, 0.15) is 5.69 Å². The molecule has 0 radical (unpaired) electrons. The summed E-state index contributed by atoms with van der Waals surface area (Å²) >= 11 is 7.40. The first-order chi connectivity index (χ1) is 13.5. The molecule has 2 aromatic carbocycles. The van der Waals surface area contributed by atoms with E-state index in [9.17, 15) is 4.79 Å². The minimum absolute atomic E-state index is 0.0494. The molecule has 0 aliphatic heterocycles. The van der Waals surface area contributed by atoms with Crippen LogP contribution in [-0.2, 0) is 11.3 Å². The van der Waals surface area contributed by atoms with E-state index in [1.807, 2.05) is 36.7 Å². The Hall–Kier alpha value is -2.61. The highest BCUT2D eigenvalue weighted by Gasteiger charge is 2.13. The Bertz CT molecular complexity index is 913. The van der Waals surface area contributed by atoms with Crippen LogP contribution in [-0.4, -0.2) is 31.6 Å². The van der Waals surface area contributed by atoms with E-state index in [4.69, 9.17) is 16.3 Å². The van der Waals surface area contributed by atoms with Gasteiger partial charge in [-0.2, -0.15) is 0 Å². The van der Waals surface area contributed by atoms with Gasteiger partial charge < -0.3 is 20.3 Å². The van der Waals surface area contributed by atoms with Gasteiger partial charge in [-0.1, -0.05) is 11.6 Å². The number of nitrogens with zero attached hydrogens (tertiary/aromatic N) is 1. The van der Waals surface area contributed by atoms with Gasteiger partial charge in [0.1, 0.15) is 18.0 Å². The molecule has 28 heavy (non-hydrogen) atoms. The largest absolute Gasteiger partial charge is 0.497 e. The molecule has 8 heteroatoms. The molecule has 0 saturated heterocycles. The number of methoxy groups -OCH3 is 1. The molecule has 6 nitrogen and oxygen atoms in total. The number of nitrogens with one attached hydrogen (secondary N) is 3. The van der Waals surface area contributed by atoms with E-state index in [0.717, 1.165) is 32.8 Å². The molecule has 1 heterocycles. The summed E-state index contributed by atoms with van der Waals surface area (Å²) in [5, 5.41) is 9.62. The summed E-state index contributed by atoms with van der Waals surface area (Å²) in [6.07, 6.45) is 0. The number of amides is 1. The Balaban J connectivity index is 1.49. The number of carbonyl (C=O) groups is 1. The summed E-state index contributed by atoms with van der Waals surface area (Å²) in [6, 6.07) is 14.7. The molecule has 3 rings (SSSR count). The van der Waals surface area contributed by atoms with Crippen molar-refractivity contribution < 1.29 is 14.4 Å². The maximum absolute atomic E-state index is 12.2. The number of hydrogen-bond acceptors (Lipinski definition) is 5. The van der Waals surface area contributed by atoms with Crippen LogP contribution in [0, 0.1) is 0 Å². The number of aromatic nitrogens is 1. The van der Waals surface area contributed by atoms with Gasteiger partial charge in [0, 0.05) is 21.8 Å². The van der Waals surface area contributed by atoms with Crippen molar-refractivity contribution >= 4 is 45.4 Å². The van der Waals surface area contributed by atoms with Gasteiger partial charge in [-0.15, -0.1) is 11.3 Å². The minimum Gasteiger partial charge on any atom is -0.497 e. The second kappa shape index (κ2) is 9.54. The van der Waals surface area contributed by atoms with Gasteiger partial charge in [-0.25, -0.2) is 4.98 Å². The lowest BCUT2D eigenvalue weighted by Crippen LogP contribution is -3.08. The summed E-state index contributed by atoms with van der Waals surface area (Å²) in [7, 11) is 3.61. The van der Waals surface area contributed by atoms with Gasteiger partial charge in [0.2, 0.25) is 0 Å². The first-order valence-electron chi connectivity index (χ1n) is 8.74. The van der Waals surface area contributed by atoms with E-state index in [-0.39, 0.29) is 5.91 Å². The van der Waals surface area contributed by atoms with Gasteiger partial charge in [-0.3, -0.25) is 4.79 Å². The van der Waals surface area contributed by atoms with Crippen LogP contribution in [0.5, 0.6) is 5.75 Å². The van der Waals surface area contributed by atoms with Crippen LogP contribution < -0.4 is 20.3 Å². The molecule has 0 bridgehead atoms. The Morgan fingerprint density at radius 2 is 1.82 bits per heavy atom. The number of ether oxygens (including phenoxy) is 1. The second-order valence-corrected chi connectivity index (χ2v) is 7.66. The van der Waals surface area contributed by atoms with Crippen LogP contribution in [0.25, 0.3) is 0 Å². The van der Waals surface area contributed by atoms with Crippen molar-refractivity contribution in [2.24, 2.45) is 0 Å². The topological polar surface area (TPSA) is 67.7 Å². The Morgan fingerprint density at radius 3 is 2.50 bits per heavy atom. The lowest BCUT2D eigenvalue weighted by Gasteiger charge is -2.12. The number of thiazole rings is 1. The summed E-state index contributed by atoms with van der Waals surface area (Å²) in [6.45, 7) is 1.01. The number of hydrogen-bond donors (Lipinski definition) is 3. The molecule has 1 aromatic heterocycles. The molecule has 0 aliphatic carbocycles. The fraction of sp³-hybridized carbons (Fsp3) is 0.200. The summed E-state index contributed by atoms with van der Waals surface area (Å²) in [5.41, 5.74) is 2.63. The zero-order valence-corrected chi connectivity index (χ0v) is 17.2. The predicted octanol–water partition coefficient (Wildman–Crippen LogP) is 3.20. The minimum atomic E-state index is -0.0494. The van der Waals surface area contributed by atoms with Crippen molar-refractivity contribution in [2.45, 2.75) is 6.54 Å². The van der Waals surface area contributed by atoms with Crippen LogP contribution in [0.3, 0.4) is 0 Å². The molecule has 146 valence electrons. The van der Waals surface area contributed by atoms with Gasteiger partial charge in [0.15, 0.2) is 11.7 Å². The molecule has 0 fully saturated rings. The average Bonchev–Trinajstić information content (AvgIpc) is 3.10. The zero-order chi connectivity index (χ0) is 19.9. The normalized spacial score (nSPS) is 11.7. The molecule has 0 spiro atoms. The predicted molar refractivity (Wildman–Crippen MR) is 114 cm³/mol. The smallest absolute Gasteiger partial charge is 0.279 e. The van der Waals surface area contributed by atoms with Gasteiger partial charge in [0.05, 0.1) is 14.2 Å². The third-order valence-electron chi connectivity index (χ3n) is 3.97. The number of quaternary nitrogens is 1. The van der Waals surface area contributed by atoms with E-state index in [1.54, 1.807) is 31.4 Å². The first kappa shape index (κ1) is 20.1. The lowest BCUT2D eigenvalue weighted by atomic mass is 10.3. The molecule has 1 atom stereocenters. The van der Waals surface area contributed by atoms with E-state index in [2.05, 4.69) is 15.6 Å². The molecule has 1 amide bonds. The number of likely N-dealkylation sites (N-methyl/N-ethyl adjacent to an activating group) is 1. The van der Waals surface area contributed by atoms with Gasteiger partial charge in [0.25, 0.3) is 5.91 Å². The van der Waals surface area contributed by atoms with E-state index < -0.39 is 0 Å². The quantitative estimate of drug-likeness (QED) is 0.526. The average molecular weight is 418 g/mol. The maximum atomic E-state index is 12.2. The molecular weight excluding hydrogens is 396 g/mol. The summed E-state index contributed by atoms with van der Waals surface area (Å²) in [5.74, 6) is 0.763. The molecule has 1 unspecified atom stereocenters. The lowest BCUT2D eigenvalue weighted by molar-refractivity contribution is -0.885. The van der Waals surface area contributed by atoms with Crippen LogP contribution in [0.15, 0.2) is 53.9 Å². The number of rotatable bonds is 8. The Labute approximate surface area is 173 Å². The van der Waals surface area contributed by atoms with E-state index >= 15 is 0 Å². The van der Waals surface area contributed by atoms with E-state index in [1.165, 1.54) is 11.3 Å². The third kappa shape index (κ3) is 5.95. The van der Waals surface area contributed by atoms with Gasteiger partial charge >= 0.3 is 0 Å². The van der Waals surface area contributed by atoms with Crippen LogP contribution in [0.4, 0.5) is 16.5 Å². The van der Waals surface area contributed by atoms with Crippen LogP contribution >= 0.6 is 22.9 Å². The maximum Gasteiger partial charge on any atom is 0.279 e. The fourth-order valence-electron chi connectivity index (χ4n) is 2.63. The molecule has 0 saturated carbocycles. The highest BCUT2D eigenvalue weighted by molar-refractivity contribution is 7.13. The Kier molecular flexibility index (Phi) is 6.86. The highest BCUT2D eigenvalue weighted by Crippen LogP contribution is 2.22. The molecule has 3 N–H and O–H groups in total. The second-order valence-electron chi connectivity index (χ2n) is 6.36. The summed E-state index contributed by atoms with van der Waals surface area (Å²) in [4.78, 5) is 17.8. The van der Waals surface area contributed by atoms with Crippen molar-refractivity contribution in [1.29, 1.82) is 0 Å². The van der Waals surface area contributed by atoms with Gasteiger partial charge in [-0.05, 0) is 48.5 Å². The zero-order valence-electron chi connectivity index (χ0n) is 15.7. The standard InChI is InChI=1S/C20H21ClN4O2S/c1-25(12-19(26)22-15-5-3-14(21)4-6-15)11-17-13-28-20(24-17)23-16-7-9-18(27-2)10-8-16/h3-10,13H,11-12H2,1-2H3,(H,22,26)(H,23,24)/p+1. The SMILES string of the molecule is COc1ccc(Nc2nc(C[NH+](C)CC(=O)Nc3ccc(Cl)cc3)cs2)cc1. The van der Waals surface area contributed by atoms with E-state index in [0.29, 0.717) is 18.1 Å². The number of halogens is 1. The molecule has 0 aliphatic rings. The number of anilines is 3. The third-order valence-corrected chi connectivity index (χ3v) is 5.02. The monoisotopic (exact) mass is 417 g/mol. The number of benzene rings is 2. The van der Waals surface area contributed by atoms with Crippen molar-refractivity contribution in [2.75, 3.05) is 31.3 Å². The Morgan fingerprint density at radius 1 is 1.14 bits per heavy atom. The molecule has 3 aromatic rings. The first-order valence-corrected chi connectivity index (χ1v) is 10.00. The highest BCUT2D eigenvalue weighted by atomic mass is 35.5. The summed E-state index contributed by atoms with van der Waals surface area (Å²) < 4.78 is 5.16. The van der Waals surface area contributed by atoms with Crippen molar-refractivity contribution in [3.63, 3.8) is 0 Å².